The Morgan fingerprint density at radius 3 is 1.22 bits per heavy atom. The number of benzene rings is 5. The summed E-state index contributed by atoms with van der Waals surface area (Å²) in [5.74, 6) is -0.157. The van der Waals surface area contributed by atoms with E-state index in [0.29, 0.717) is 22.6 Å². The van der Waals surface area contributed by atoms with Gasteiger partial charge in [-0.1, -0.05) is 60.7 Å². The molecule has 0 saturated heterocycles. The molecule has 0 amide bonds. The average Bonchev–Trinajstić information content (AvgIpc) is 2.84. The molecule has 4 heteroatoms. The van der Waals surface area contributed by atoms with Crippen molar-refractivity contribution < 1.29 is 19.1 Å². The largest absolute Gasteiger partial charge is 0.423 e. The van der Waals surface area contributed by atoms with E-state index in [1.54, 1.807) is 48.5 Å². The normalized spacial score (nSPS) is 10.8. The van der Waals surface area contributed by atoms with Crippen LogP contribution < -0.4 is 9.47 Å². The monoisotopic (exact) mass is 418 g/mol. The van der Waals surface area contributed by atoms with E-state index < -0.39 is 11.9 Å². The summed E-state index contributed by atoms with van der Waals surface area (Å²) < 4.78 is 10.9. The summed E-state index contributed by atoms with van der Waals surface area (Å²) in [5.41, 5.74) is 0.936. The third-order valence-electron chi connectivity index (χ3n) is 5.22. The zero-order valence-electron chi connectivity index (χ0n) is 17.0. The Hall–Kier alpha value is -4.44. The lowest BCUT2D eigenvalue weighted by Gasteiger charge is -2.08. The van der Waals surface area contributed by atoms with E-state index in [0.717, 1.165) is 21.5 Å². The maximum absolute atomic E-state index is 12.5. The van der Waals surface area contributed by atoms with Crippen LogP contribution in [0.1, 0.15) is 20.7 Å². The lowest BCUT2D eigenvalue weighted by atomic mass is 10.1. The first-order valence-corrected chi connectivity index (χ1v) is 10.2. The lowest BCUT2D eigenvalue weighted by molar-refractivity contribution is 0.0719. The first-order valence-electron chi connectivity index (χ1n) is 10.2. The van der Waals surface area contributed by atoms with Gasteiger partial charge in [0.25, 0.3) is 0 Å². The third-order valence-corrected chi connectivity index (χ3v) is 5.22. The van der Waals surface area contributed by atoms with Crippen molar-refractivity contribution in [2.75, 3.05) is 0 Å². The van der Waals surface area contributed by atoms with Crippen LogP contribution in [0, 0.1) is 0 Å². The fourth-order valence-electron chi connectivity index (χ4n) is 3.54. The highest BCUT2D eigenvalue weighted by molar-refractivity contribution is 5.97. The molecule has 5 aromatic rings. The molecule has 154 valence electrons. The van der Waals surface area contributed by atoms with E-state index in [2.05, 4.69) is 0 Å². The van der Waals surface area contributed by atoms with Crippen molar-refractivity contribution in [3.63, 3.8) is 0 Å². The lowest BCUT2D eigenvalue weighted by Crippen LogP contribution is -2.09. The number of ether oxygens (including phenoxy) is 2. The second-order valence-corrected chi connectivity index (χ2v) is 7.37. The molecule has 0 bridgehead atoms. The van der Waals surface area contributed by atoms with Crippen LogP contribution in [0.5, 0.6) is 11.5 Å². The SMILES string of the molecule is O=C(Oc1ccc(OC(=O)c2ccc3ccccc3c2)cc1)c1ccc2ccccc2c1. The molecule has 0 heterocycles. The van der Waals surface area contributed by atoms with E-state index in [9.17, 15) is 9.59 Å². The molecule has 0 N–H and O–H groups in total. The van der Waals surface area contributed by atoms with Crippen molar-refractivity contribution in [1.82, 2.24) is 0 Å². The Labute approximate surface area is 184 Å². The summed E-state index contributed by atoms with van der Waals surface area (Å²) in [6.45, 7) is 0. The predicted octanol–water partition coefficient (Wildman–Crippen LogP) is 6.43. The van der Waals surface area contributed by atoms with Crippen LogP contribution in [-0.2, 0) is 0 Å². The summed E-state index contributed by atoms with van der Waals surface area (Å²) in [6, 6.07) is 32.9. The Kier molecular flexibility index (Phi) is 5.10. The van der Waals surface area contributed by atoms with Crippen LogP contribution in [-0.4, -0.2) is 11.9 Å². The molecule has 0 atom stereocenters. The molecule has 0 aliphatic carbocycles. The van der Waals surface area contributed by atoms with Gasteiger partial charge >= 0.3 is 11.9 Å². The van der Waals surface area contributed by atoms with Crippen molar-refractivity contribution in [2.45, 2.75) is 0 Å². The highest BCUT2D eigenvalue weighted by atomic mass is 16.5. The maximum atomic E-state index is 12.5. The van der Waals surface area contributed by atoms with Crippen LogP contribution in [0.2, 0.25) is 0 Å². The molecule has 0 radical (unpaired) electrons. The predicted molar refractivity (Wildman–Crippen MR) is 124 cm³/mol. The van der Waals surface area contributed by atoms with Crippen molar-refractivity contribution >= 4 is 33.5 Å². The van der Waals surface area contributed by atoms with E-state index in [4.69, 9.17) is 9.47 Å². The zero-order chi connectivity index (χ0) is 21.9. The van der Waals surface area contributed by atoms with E-state index in [-0.39, 0.29) is 0 Å². The number of rotatable bonds is 4. The summed E-state index contributed by atoms with van der Waals surface area (Å²) in [4.78, 5) is 25.0. The van der Waals surface area contributed by atoms with Crippen molar-refractivity contribution in [3.8, 4) is 11.5 Å². The summed E-state index contributed by atoms with van der Waals surface area (Å²) >= 11 is 0. The Morgan fingerprint density at radius 1 is 0.438 bits per heavy atom. The number of esters is 2. The van der Waals surface area contributed by atoms with Crippen LogP contribution in [0.4, 0.5) is 0 Å². The molecule has 0 aromatic heterocycles. The van der Waals surface area contributed by atoms with E-state index in [1.165, 1.54) is 0 Å². The van der Waals surface area contributed by atoms with Crippen molar-refractivity contribution in [1.29, 1.82) is 0 Å². The molecular weight excluding hydrogens is 400 g/mol. The van der Waals surface area contributed by atoms with Crippen LogP contribution in [0.3, 0.4) is 0 Å². The van der Waals surface area contributed by atoms with Gasteiger partial charge in [-0.2, -0.15) is 0 Å². The molecule has 0 saturated carbocycles. The Balaban J connectivity index is 1.26. The molecular formula is C28H18O4. The topological polar surface area (TPSA) is 52.6 Å². The van der Waals surface area contributed by atoms with Gasteiger partial charge in [-0.05, 0) is 70.1 Å². The second-order valence-electron chi connectivity index (χ2n) is 7.37. The third kappa shape index (κ3) is 4.07. The highest BCUT2D eigenvalue weighted by Crippen LogP contribution is 2.22. The standard InChI is InChI=1S/C28H18O4/c29-27(23-11-9-19-5-1-3-7-21(19)17-23)31-25-13-15-26(16-14-25)32-28(30)24-12-10-20-6-2-4-8-22(20)18-24/h1-18H. The minimum absolute atomic E-state index is 0.369. The van der Waals surface area contributed by atoms with Gasteiger partial charge in [0.05, 0.1) is 11.1 Å². The molecule has 5 rings (SSSR count). The van der Waals surface area contributed by atoms with Gasteiger partial charge in [0.2, 0.25) is 0 Å². The number of hydrogen-bond donors (Lipinski definition) is 0. The quantitative estimate of drug-likeness (QED) is 0.249. The first kappa shape index (κ1) is 19.5. The van der Waals surface area contributed by atoms with Crippen LogP contribution in [0.15, 0.2) is 109 Å². The molecule has 32 heavy (non-hydrogen) atoms. The minimum Gasteiger partial charge on any atom is -0.423 e. The second kappa shape index (κ2) is 8.36. The molecule has 0 aliphatic rings. The van der Waals surface area contributed by atoms with Crippen molar-refractivity contribution in [2.24, 2.45) is 0 Å². The summed E-state index contributed by atoms with van der Waals surface area (Å²) in [7, 11) is 0. The number of hydrogen-bond acceptors (Lipinski definition) is 4. The van der Waals surface area contributed by atoms with Gasteiger partial charge < -0.3 is 9.47 Å². The Bertz CT molecular complexity index is 1340. The van der Waals surface area contributed by atoms with E-state index in [1.807, 2.05) is 60.7 Å². The molecule has 0 unspecified atom stereocenters. The molecule has 5 aromatic carbocycles. The fraction of sp³-hybridized carbons (Fsp3) is 0. The fourth-order valence-corrected chi connectivity index (χ4v) is 3.54. The van der Waals surface area contributed by atoms with Crippen LogP contribution >= 0.6 is 0 Å². The minimum atomic E-state index is -0.448. The molecule has 0 aliphatic heterocycles. The van der Waals surface area contributed by atoms with Crippen molar-refractivity contribution in [3.05, 3.63) is 120 Å². The number of carbonyl (C=O) groups is 2. The van der Waals surface area contributed by atoms with Crippen LogP contribution in [0.25, 0.3) is 21.5 Å². The molecule has 4 nitrogen and oxygen atoms in total. The van der Waals surface area contributed by atoms with Gasteiger partial charge in [0.1, 0.15) is 11.5 Å². The smallest absolute Gasteiger partial charge is 0.343 e. The molecule has 0 spiro atoms. The van der Waals surface area contributed by atoms with Gasteiger partial charge in [0.15, 0.2) is 0 Å². The number of carbonyl (C=O) groups excluding carboxylic acids is 2. The van der Waals surface area contributed by atoms with Gasteiger partial charge in [-0.25, -0.2) is 9.59 Å². The maximum Gasteiger partial charge on any atom is 0.343 e. The summed E-state index contributed by atoms with van der Waals surface area (Å²) in [5, 5.41) is 4.05. The van der Waals surface area contributed by atoms with Gasteiger partial charge in [-0.3, -0.25) is 0 Å². The first-order chi connectivity index (χ1) is 15.7. The zero-order valence-corrected chi connectivity index (χ0v) is 17.0. The van der Waals surface area contributed by atoms with E-state index >= 15 is 0 Å². The van der Waals surface area contributed by atoms with Gasteiger partial charge in [-0.15, -0.1) is 0 Å². The Morgan fingerprint density at radius 2 is 0.812 bits per heavy atom. The van der Waals surface area contributed by atoms with Gasteiger partial charge in [0, 0.05) is 0 Å². The highest BCUT2D eigenvalue weighted by Gasteiger charge is 2.12. The number of fused-ring (bicyclic) bond motifs is 2. The summed E-state index contributed by atoms with van der Waals surface area (Å²) in [6.07, 6.45) is 0. The molecule has 0 fully saturated rings. The average molecular weight is 418 g/mol.